The average Bonchev–Trinajstić information content (AvgIpc) is 2.76. The number of nitrogens with two attached hydrogens (primary N) is 1. The third-order valence-corrected chi connectivity index (χ3v) is 4.19. The van der Waals surface area contributed by atoms with E-state index in [1.165, 1.54) is 6.07 Å². The zero-order valence-corrected chi connectivity index (χ0v) is 11.6. The Bertz CT molecular complexity index is 698. The van der Waals surface area contributed by atoms with E-state index < -0.39 is 10.0 Å². The summed E-state index contributed by atoms with van der Waals surface area (Å²) in [5.74, 6) is 0.0900. The summed E-state index contributed by atoms with van der Waals surface area (Å²) in [5.41, 5.74) is 6.17. The first-order valence-corrected chi connectivity index (χ1v) is 7.14. The number of halogens is 1. The largest absolute Gasteiger partial charge is 0.382 e. The summed E-state index contributed by atoms with van der Waals surface area (Å²) in [7, 11) is -1.96. The Labute approximate surface area is 115 Å². The van der Waals surface area contributed by atoms with Crippen molar-refractivity contribution in [3.63, 3.8) is 0 Å². The van der Waals surface area contributed by atoms with Gasteiger partial charge in [-0.1, -0.05) is 11.6 Å². The van der Waals surface area contributed by atoms with Crippen LogP contribution in [0.2, 0.25) is 5.02 Å². The fourth-order valence-electron chi connectivity index (χ4n) is 1.40. The molecule has 0 amide bonds. The molecule has 0 saturated heterocycles. The van der Waals surface area contributed by atoms with Crippen molar-refractivity contribution in [3.05, 3.63) is 35.2 Å². The first-order valence-electron chi connectivity index (χ1n) is 5.28. The Morgan fingerprint density at radius 1 is 1.53 bits per heavy atom. The maximum absolute atomic E-state index is 12.0. The van der Waals surface area contributed by atoms with Gasteiger partial charge in [0, 0.05) is 19.4 Å². The molecule has 2 heterocycles. The Kier molecular flexibility index (Phi) is 3.74. The van der Waals surface area contributed by atoms with Crippen molar-refractivity contribution in [3.8, 4) is 0 Å². The molecule has 3 N–H and O–H groups in total. The fraction of sp³-hybridized carbons (Fsp3) is 0.200. The Hall–Kier alpha value is -1.64. The summed E-state index contributed by atoms with van der Waals surface area (Å²) >= 11 is 5.75. The van der Waals surface area contributed by atoms with Gasteiger partial charge in [-0.3, -0.25) is 4.68 Å². The number of hydrogen-bond acceptors (Lipinski definition) is 5. The van der Waals surface area contributed by atoms with Crippen LogP contribution in [0.25, 0.3) is 0 Å². The van der Waals surface area contributed by atoms with E-state index in [-0.39, 0.29) is 22.3 Å². The fourth-order valence-corrected chi connectivity index (χ4v) is 2.61. The van der Waals surface area contributed by atoms with Crippen molar-refractivity contribution in [1.82, 2.24) is 19.5 Å². The number of pyridine rings is 1. The highest BCUT2D eigenvalue weighted by Crippen LogP contribution is 2.19. The van der Waals surface area contributed by atoms with Gasteiger partial charge in [-0.2, -0.15) is 5.10 Å². The van der Waals surface area contributed by atoms with Crippen LogP contribution in [0, 0.1) is 0 Å². The predicted octanol–water partition coefficient (Wildman–Crippen LogP) is 0.529. The maximum Gasteiger partial charge on any atom is 0.242 e. The van der Waals surface area contributed by atoms with Crippen LogP contribution in [0.1, 0.15) is 5.69 Å². The van der Waals surface area contributed by atoms with Gasteiger partial charge in [0.05, 0.1) is 17.3 Å². The third-order valence-electron chi connectivity index (χ3n) is 2.52. The maximum atomic E-state index is 12.0. The van der Waals surface area contributed by atoms with Crippen LogP contribution >= 0.6 is 11.6 Å². The lowest BCUT2D eigenvalue weighted by Crippen LogP contribution is -2.24. The molecule has 0 radical (unpaired) electrons. The summed E-state index contributed by atoms with van der Waals surface area (Å²) < 4.78 is 28.1. The molecule has 2 rings (SSSR count). The normalized spacial score (nSPS) is 11.7. The second-order valence-corrected chi connectivity index (χ2v) is 5.98. The van der Waals surface area contributed by atoms with E-state index in [1.807, 2.05) is 0 Å². The number of hydrogen-bond donors (Lipinski definition) is 2. The average molecular weight is 302 g/mol. The zero-order valence-electron chi connectivity index (χ0n) is 10.0. The van der Waals surface area contributed by atoms with Crippen molar-refractivity contribution in [2.75, 3.05) is 5.73 Å². The minimum Gasteiger partial charge on any atom is -0.382 e. The standard InChI is InChI=1S/C10H12ClN5O2S/c1-16-7(2-3-14-16)5-15-19(17,18)8-4-9(11)10(12)13-6-8/h2-4,6,15H,5H2,1H3,(H2,12,13). The third kappa shape index (κ3) is 3.03. The van der Waals surface area contributed by atoms with E-state index in [4.69, 9.17) is 17.3 Å². The van der Waals surface area contributed by atoms with Gasteiger partial charge in [0.1, 0.15) is 10.7 Å². The molecule has 0 aromatic carbocycles. The molecular formula is C10H12ClN5O2S. The van der Waals surface area contributed by atoms with Crippen molar-refractivity contribution < 1.29 is 8.42 Å². The first kappa shape index (κ1) is 13.8. The van der Waals surface area contributed by atoms with Crippen molar-refractivity contribution in [2.45, 2.75) is 11.4 Å². The SMILES string of the molecule is Cn1nccc1CNS(=O)(=O)c1cnc(N)c(Cl)c1. The van der Waals surface area contributed by atoms with Gasteiger partial charge in [0.15, 0.2) is 0 Å². The lowest BCUT2D eigenvalue weighted by atomic mass is 10.4. The summed E-state index contributed by atoms with van der Waals surface area (Å²) in [6.45, 7) is 0.126. The van der Waals surface area contributed by atoms with Gasteiger partial charge < -0.3 is 5.73 Å². The van der Waals surface area contributed by atoms with Crippen LogP contribution in [-0.2, 0) is 23.6 Å². The molecular weight excluding hydrogens is 290 g/mol. The Balaban J connectivity index is 2.18. The minimum absolute atomic E-state index is 0.0335. The highest BCUT2D eigenvalue weighted by atomic mass is 35.5. The van der Waals surface area contributed by atoms with Gasteiger partial charge in [0.2, 0.25) is 10.0 Å². The molecule has 0 saturated carbocycles. The second kappa shape index (κ2) is 5.16. The molecule has 0 aliphatic carbocycles. The quantitative estimate of drug-likeness (QED) is 0.857. The van der Waals surface area contributed by atoms with Crippen LogP contribution in [0.5, 0.6) is 0 Å². The predicted molar refractivity (Wildman–Crippen MR) is 70.9 cm³/mol. The number of rotatable bonds is 4. The molecule has 0 unspecified atom stereocenters. The van der Waals surface area contributed by atoms with E-state index >= 15 is 0 Å². The van der Waals surface area contributed by atoms with Gasteiger partial charge in [-0.15, -0.1) is 0 Å². The first-order chi connectivity index (χ1) is 8.90. The number of aromatic nitrogens is 3. The smallest absolute Gasteiger partial charge is 0.242 e. The minimum atomic E-state index is -3.69. The van der Waals surface area contributed by atoms with Crippen molar-refractivity contribution in [2.24, 2.45) is 7.05 Å². The number of aryl methyl sites for hydroxylation is 1. The van der Waals surface area contributed by atoms with Crippen LogP contribution in [-0.4, -0.2) is 23.2 Å². The molecule has 19 heavy (non-hydrogen) atoms. The molecule has 0 fully saturated rings. The number of sulfonamides is 1. The van der Waals surface area contributed by atoms with Crippen LogP contribution in [0.4, 0.5) is 5.82 Å². The summed E-state index contributed by atoms with van der Waals surface area (Å²) in [6.07, 6.45) is 2.75. The van der Waals surface area contributed by atoms with Crippen molar-refractivity contribution in [1.29, 1.82) is 0 Å². The van der Waals surface area contributed by atoms with Crippen LogP contribution < -0.4 is 10.5 Å². The molecule has 102 valence electrons. The second-order valence-electron chi connectivity index (χ2n) is 3.81. The van der Waals surface area contributed by atoms with E-state index in [9.17, 15) is 8.42 Å². The molecule has 0 atom stereocenters. The molecule has 7 nitrogen and oxygen atoms in total. The summed E-state index contributed by atoms with van der Waals surface area (Å²) in [6, 6.07) is 2.98. The van der Waals surface area contributed by atoms with Crippen molar-refractivity contribution >= 4 is 27.4 Å². The lowest BCUT2D eigenvalue weighted by Gasteiger charge is -2.07. The zero-order chi connectivity index (χ0) is 14.0. The molecule has 0 aliphatic rings. The van der Waals surface area contributed by atoms with E-state index in [0.717, 1.165) is 11.9 Å². The molecule has 0 aliphatic heterocycles. The van der Waals surface area contributed by atoms with Crippen LogP contribution in [0.15, 0.2) is 29.4 Å². The van der Waals surface area contributed by atoms with E-state index in [2.05, 4.69) is 14.8 Å². The molecule has 0 spiro atoms. The Morgan fingerprint density at radius 2 is 2.26 bits per heavy atom. The van der Waals surface area contributed by atoms with E-state index in [0.29, 0.717) is 0 Å². The number of anilines is 1. The van der Waals surface area contributed by atoms with Crippen LogP contribution in [0.3, 0.4) is 0 Å². The van der Waals surface area contributed by atoms with Gasteiger partial charge in [-0.05, 0) is 12.1 Å². The number of nitrogens with one attached hydrogen (secondary N) is 1. The number of nitrogens with zero attached hydrogens (tertiary/aromatic N) is 3. The molecule has 0 bridgehead atoms. The monoisotopic (exact) mass is 301 g/mol. The highest BCUT2D eigenvalue weighted by molar-refractivity contribution is 7.89. The number of nitrogen functional groups attached to an aromatic ring is 1. The molecule has 2 aromatic heterocycles. The highest BCUT2D eigenvalue weighted by Gasteiger charge is 2.16. The topological polar surface area (TPSA) is 103 Å². The van der Waals surface area contributed by atoms with E-state index in [1.54, 1.807) is 24.0 Å². The molecule has 2 aromatic rings. The summed E-state index contributed by atoms with van der Waals surface area (Å²) in [4.78, 5) is 3.68. The Morgan fingerprint density at radius 3 is 2.84 bits per heavy atom. The van der Waals surface area contributed by atoms with Gasteiger partial charge in [0.25, 0.3) is 0 Å². The lowest BCUT2D eigenvalue weighted by molar-refractivity contribution is 0.577. The summed E-state index contributed by atoms with van der Waals surface area (Å²) in [5, 5.41) is 4.05. The van der Waals surface area contributed by atoms with Gasteiger partial charge >= 0.3 is 0 Å². The molecule has 9 heteroatoms. The van der Waals surface area contributed by atoms with Gasteiger partial charge in [-0.25, -0.2) is 18.1 Å².